The van der Waals surface area contributed by atoms with E-state index in [2.05, 4.69) is 15.3 Å². The minimum atomic E-state index is -0.331. The highest BCUT2D eigenvalue weighted by molar-refractivity contribution is 7.07. The number of piperazine rings is 1. The molecule has 1 fully saturated rings. The summed E-state index contributed by atoms with van der Waals surface area (Å²) in [7, 11) is 0. The number of pyridine rings is 1. The number of anilines is 1. The van der Waals surface area contributed by atoms with E-state index in [1.165, 1.54) is 17.4 Å². The van der Waals surface area contributed by atoms with E-state index in [1.54, 1.807) is 22.7 Å². The second kappa shape index (κ2) is 6.91. The van der Waals surface area contributed by atoms with E-state index in [0.29, 0.717) is 32.0 Å². The minimum Gasteiger partial charge on any atom is -0.351 e. The van der Waals surface area contributed by atoms with Crippen LogP contribution >= 0.6 is 11.3 Å². The van der Waals surface area contributed by atoms with Crippen LogP contribution in [0.4, 0.5) is 15.0 Å². The van der Waals surface area contributed by atoms with Gasteiger partial charge in [0.05, 0.1) is 17.2 Å². The van der Waals surface area contributed by atoms with Gasteiger partial charge >= 0.3 is 6.03 Å². The molecule has 23 heavy (non-hydrogen) atoms. The zero-order valence-electron chi connectivity index (χ0n) is 12.8. The lowest BCUT2D eigenvalue weighted by atomic mass is 10.2. The van der Waals surface area contributed by atoms with Crippen LogP contribution in [-0.2, 0) is 0 Å². The minimum absolute atomic E-state index is 0.119. The first kappa shape index (κ1) is 15.7. The smallest absolute Gasteiger partial charge is 0.318 e. The Bertz CT molecular complexity index is 658. The maximum Gasteiger partial charge on any atom is 0.318 e. The van der Waals surface area contributed by atoms with Crippen molar-refractivity contribution in [2.75, 3.05) is 31.1 Å². The standard InChI is InChI=1S/C15H18FN5OS/c1-11(13-9-23-10-18-13)19-15(22)21-7-5-20(6-8-21)14-12(16)3-2-4-17-14/h2-4,9-11H,5-8H2,1H3,(H,19,22). The van der Waals surface area contributed by atoms with Crippen molar-refractivity contribution in [3.8, 4) is 0 Å². The number of carbonyl (C=O) groups is 1. The number of hydrogen-bond donors (Lipinski definition) is 1. The van der Waals surface area contributed by atoms with Crippen LogP contribution in [0.15, 0.2) is 29.2 Å². The number of amides is 2. The van der Waals surface area contributed by atoms with E-state index in [-0.39, 0.29) is 17.9 Å². The molecule has 0 aromatic carbocycles. The lowest BCUT2D eigenvalue weighted by Crippen LogP contribution is -2.52. The van der Waals surface area contributed by atoms with Crippen molar-refractivity contribution in [2.24, 2.45) is 0 Å². The molecule has 1 N–H and O–H groups in total. The fraction of sp³-hybridized carbons (Fsp3) is 0.400. The lowest BCUT2D eigenvalue weighted by molar-refractivity contribution is 0.190. The number of hydrogen-bond acceptors (Lipinski definition) is 5. The third-order valence-corrected chi connectivity index (χ3v) is 4.45. The van der Waals surface area contributed by atoms with E-state index < -0.39 is 0 Å². The Morgan fingerprint density at radius 3 is 2.78 bits per heavy atom. The van der Waals surface area contributed by atoms with Gasteiger partial charge in [-0.25, -0.2) is 19.2 Å². The summed E-state index contributed by atoms with van der Waals surface area (Å²) >= 11 is 1.50. The highest BCUT2D eigenvalue weighted by atomic mass is 32.1. The molecule has 0 saturated carbocycles. The van der Waals surface area contributed by atoms with Crippen LogP contribution in [0, 0.1) is 5.82 Å². The zero-order valence-corrected chi connectivity index (χ0v) is 13.6. The molecule has 2 aromatic rings. The van der Waals surface area contributed by atoms with Crippen LogP contribution < -0.4 is 10.2 Å². The molecule has 1 aliphatic rings. The lowest BCUT2D eigenvalue weighted by Gasteiger charge is -2.35. The predicted octanol–water partition coefficient (Wildman–Crippen LogP) is 2.27. The monoisotopic (exact) mass is 335 g/mol. The van der Waals surface area contributed by atoms with E-state index in [9.17, 15) is 9.18 Å². The Labute approximate surface area is 138 Å². The molecule has 1 unspecified atom stereocenters. The molecule has 0 bridgehead atoms. The van der Waals surface area contributed by atoms with Gasteiger partial charge in [0.25, 0.3) is 0 Å². The van der Waals surface area contributed by atoms with Gasteiger partial charge in [-0.15, -0.1) is 11.3 Å². The van der Waals surface area contributed by atoms with Crippen molar-refractivity contribution in [1.29, 1.82) is 0 Å². The molecule has 6 nitrogen and oxygen atoms in total. The fourth-order valence-electron chi connectivity index (χ4n) is 2.52. The molecule has 2 amide bonds. The molecule has 3 rings (SSSR count). The Morgan fingerprint density at radius 2 is 2.13 bits per heavy atom. The van der Waals surface area contributed by atoms with E-state index in [0.717, 1.165) is 5.69 Å². The Hall–Kier alpha value is -2.22. The first-order valence-electron chi connectivity index (χ1n) is 7.44. The van der Waals surface area contributed by atoms with Crippen LogP contribution in [0.1, 0.15) is 18.7 Å². The molecule has 1 atom stereocenters. The van der Waals surface area contributed by atoms with Gasteiger partial charge in [0.15, 0.2) is 11.6 Å². The third-order valence-electron chi connectivity index (χ3n) is 3.84. The quantitative estimate of drug-likeness (QED) is 0.935. The molecule has 3 heterocycles. The number of rotatable bonds is 3. The van der Waals surface area contributed by atoms with E-state index >= 15 is 0 Å². The van der Waals surface area contributed by atoms with Crippen LogP contribution in [-0.4, -0.2) is 47.1 Å². The summed E-state index contributed by atoms with van der Waals surface area (Å²) in [5.41, 5.74) is 2.61. The van der Waals surface area contributed by atoms with Crippen LogP contribution in [0.2, 0.25) is 0 Å². The maximum atomic E-state index is 13.8. The van der Waals surface area contributed by atoms with Gasteiger partial charge in [-0.05, 0) is 19.1 Å². The summed E-state index contributed by atoms with van der Waals surface area (Å²) in [5, 5.41) is 4.86. The van der Waals surface area contributed by atoms with Gasteiger partial charge in [0.1, 0.15) is 0 Å². The van der Waals surface area contributed by atoms with Gasteiger partial charge < -0.3 is 15.1 Å². The second-order valence-corrected chi connectivity index (χ2v) is 6.09. The predicted molar refractivity (Wildman–Crippen MR) is 87.0 cm³/mol. The topological polar surface area (TPSA) is 61.4 Å². The molecule has 1 aliphatic heterocycles. The number of carbonyl (C=O) groups excluding carboxylic acids is 1. The Morgan fingerprint density at radius 1 is 1.35 bits per heavy atom. The van der Waals surface area contributed by atoms with Crippen LogP contribution in [0.3, 0.4) is 0 Å². The van der Waals surface area contributed by atoms with Gasteiger partial charge in [0.2, 0.25) is 0 Å². The molecular weight excluding hydrogens is 317 g/mol. The molecular formula is C15H18FN5OS. The van der Waals surface area contributed by atoms with Crippen LogP contribution in [0.25, 0.3) is 0 Å². The molecule has 0 spiro atoms. The first-order chi connectivity index (χ1) is 11.1. The molecule has 0 aliphatic carbocycles. The summed E-state index contributed by atoms with van der Waals surface area (Å²) in [5.74, 6) is 0.0194. The number of thiazole rings is 1. The summed E-state index contributed by atoms with van der Waals surface area (Å²) in [6.07, 6.45) is 1.58. The fourth-order valence-corrected chi connectivity index (χ4v) is 3.17. The summed E-state index contributed by atoms with van der Waals surface area (Å²) in [6.45, 7) is 4.10. The molecule has 122 valence electrons. The number of nitrogens with one attached hydrogen (secondary N) is 1. The second-order valence-electron chi connectivity index (χ2n) is 5.37. The zero-order chi connectivity index (χ0) is 16.2. The summed E-state index contributed by atoms with van der Waals surface area (Å²) in [4.78, 5) is 24.2. The van der Waals surface area contributed by atoms with Crippen molar-refractivity contribution in [2.45, 2.75) is 13.0 Å². The Balaban J connectivity index is 1.54. The van der Waals surface area contributed by atoms with Crippen molar-refractivity contribution < 1.29 is 9.18 Å². The largest absolute Gasteiger partial charge is 0.351 e. The molecule has 2 aromatic heterocycles. The first-order valence-corrected chi connectivity index (χ1v) is 8.38. The summed E-state index contributed by atoms with van der Waals surface area (Å²) < 4.78 is 13.8. The van der Waals surface area contributed by atoms with Gasteiger partial charge in [-0.1, -0.05) is 0 Å². The SMILES string of the molecule is CC(NC(=O)N1CCN(c2ncccc2F)CC1)c1cscn1. The number of urea groups is 1. The number of halogens is 1. The molecule has 8 heteroatoms. The van der Waals surface area contributed by atoms with Gasteiger partial charge in [-0.2, -0.15) is 0 Å². The number of nitrogens with zero attached hydrogens (tertiary/aromatic N) is 4. The maximum absolute atomic E-state index is 13.8. The van der Waals surface area contributed by atoms with Crippen molar-refractivity contribution >= 4 is 23.2 Å². The highest BCUT2D eigenvalue weighted by Gasteiger charge is 2.24. The average molecular weight is 335 g/mol. The third kappa shape index (κ3) is 3.58. The molecule has 0 radical (unpaired) electrons. The normalized spacial score (nSPS) is 16.3. The number of aromatic nitrogens is 2. The summed E-state index contributed by atoms with van der Waals surface area (Å²) in [6, 6.07) is 2.73. The van der Waals surface area contributed by atoms with E-state index in [4.69, 9.17) is 0 Å². The van der Waals surface area contributed by atoms with Crippen molar-refractivity contribution in [3.63, 3.8) is 0 Å². The molecule has 1 saturated heterocycles. The van der Waals surface area contributed by atoms with Crippen molar-refractivity contribution in [1.82, 2.24) is 20.2 Å². The average Bonchev–Trinajstić information content (AvgIpc) is 3.10. The Kier molecular flexibility index (Phi) is 4.71. The van der Waals surface area contributed by atoms with Gasteiger partial charge in [0, 0.05) is 37.8 Å². The van der Waals surface area contributed by atoms with Crippen molar-refractivity contribution in [3.05, 3.63) is 40.7 Å². The van der Waals surface area contributed by atoms with E-state index in [1.807, 2.05) is 17.2 Å². The van der Waals surface area contributed by atoms with Gasteiger partial charge in [-0.3, -0.25) is 0 Å². The highest BCUT2D eigenvalue weighted by Crippen LogP contribution is 2.18. The van der Waals surface area contributed by atoms with Crippen LogP contribution in [0.5, 0.6) is 0 Å².